The second kappa shape index (κ2) is 5.21. The van der Waals surface area contributed by atoms with Gasteiger partial charge in [-0.05, 0) is 37.5 Å². The first-order valence-corrected chi connectivity index (χ1v) is 6.27. The van der Waals surface area contributed by atoms with Crippen molar-refractivity contribution in [2.45, 2.75) is 32.6 Å². The summed E-state index contributed by atoms with van der Waals surface area (Å²) in [7, 11) is 0. The summed E-state index contributed by atoms with van der Waals surface area (Å²) in [5, 5.41) is 9.13. The van der Waals surface area contributed by atoms with E-state index < -0.39 is 5.97 Å². The van der Waals surface area contributed by atoms with Crippen LogP contribution >= 0.6 is 0 Å². The minimum atomic E-state index is -0.834. The van der Waals surface area contributed by atoms with E-state index in [-0.39, 0.29) is 0 Å². The molecule has 0 aliphatic carbocycles. The van der Waals surface area contributed by atoms with E-state index in [0.717, 1.165) is 24.3 Å². The summed E-state index contributed by atoms with van der Waals surface area (Å²) >= 11 is 0. The lowest BCUT2D eigenvalue weighted by Gasteiger charge is -2.23. The van der Waals surface area contributed by atoms with Crippen molar-refractivity contribution in [2.24, 2.45) is 0 Å². The Morgan fingerprint density at radius 3 is 2.41 bits per heavy atom. The Hall–Kier alpha value is -1.51. The van der Waals surface area contributed by atoms with Crippen molar-refractivity contribution in [3.05, 3.63) is 29.3 Å². The lowest BCUT2D eigenvalue weighted by Crippen LogP contribution is -2.24. The van der Waals surface area contributed by atoms with Gasteiger partial charge in [0.25, 0.3) is 0 Å². The van der Waals surface area contributed by atoms with E-state index in [1.165, 1.54) is 25.7 Å². The molecule has 1 fully saturated rings. The Balaban J connectivity index is 2.25. The van der Waals surface area contributed by atoms with E-state index in [2.05, 4.69) is 4.90 Å². The number of nitrogens with zero attached hydrogens (tertiary/aromatic N) is 1. The molecule has 1 saturated heterocycles. The molecule has 1 aliphatic rings. The van der Waals surface area contributed by atoms with Crippen LogP contribution in [0, 0.1) is 6.92 Å². The average Bonchev–Trinajstić information content (AvgIpc) is 2.58. The molecular formula is C14H19NO2. The van der Waals surface area contributed by atoms with Crippen LogP contribution in [0.2, 0.25) is 0 Å². The lowest BCUT2D eigenvalue weighted by atomic mass is 10.1. The number of aromatic carboxylic acids is 1. The van der Waals surface area contributed by atoms with Gasteiger partial charge >= 0.3 is 5.97 Å². The van der Waals surface area contributed by atoms with E-state index in [9.17, 15) is 4.79 Å². The Morgan fingerprint density at radius 2 is 1.82 bits per heavy atom. The fraction of sp³-hybridized carbons (Fsp3) is 0.500. The smallest absolute Gasteiger partial charge is 0.336 e. The van der Waals surface area contributed by atoms with Crippen molar-refractivity contribution < 1.29 is 9.90 Å². The molecular weight excluding hydrogens is 214 g/mol. The summed E-state index contributed by atoms with van der Waals surface area (Å²) in [6, 6.07) is 5.75. The van der Waals surface area contributed by atoms with Gasteiger partial charge in [0, 0.05) is 18.8 Å². The van der Waals surface area contributed by atoms with Crippen LogP contribution in [0.5, 0.6) is 0 Å². The normalized spacial score (nSPS) is 16.6. The van der Waals surface area contributed by atoms with Crippen molar-refractivity contribution in [1.29, 1.82) is 0 Å². The fourth-order valence-corrected chi connectivity index (χ4v) is 2.37. The molecule has 0 unspecified atom stereocenters. The van der Waals surface area contributed by atoms with Crippen LogP contribution in [0.25, 0.3) is 0 Å². The average molecular weight is 233 g/mol. The highest BCUT2D eigenvalue weighted by Gasteiger charge is 2.13. The molecule has 1 aromatic carbocycles. The Morgan fingerprint density at radius 1 is 1.18 bits per heavy atom. The molecule has 1 aromatic rings. The first-order valence-electron chi connectivity index (χ1n) is 6.27. The van der Waals surface area contributed by atoms with Crippen molar-refractivity contribution in [3.63, 3.8) is 0 Å². The second-order valence-corrected chi connectivity index (χ2v) is 4.71. The van der Waals surface area contributed by atoms with Gasteiger partial charge in [0.2, 0.25) is 0 Å². The summed E-state index contributed by atoms with van der Waals surface area (Å²) in [6.45, 7) is 3.93. The Bertz CT molecular complexity index is 407. The Kier molecular flexibility index (Phi) is 3.67. The third-order valence-electron chi connectivity index (χ3n) is 3.42. The molecule has 0 saturated carbocycles. The van der Waals surface area contributed by atoms with Gasteiger partial charge in [-0.1, -0.05) is 18.9 Å². The molecule has 0 bridgehead atoms. The van der Waals surface area contributed by atoms with Crippen molar-refractivity contribution in [2.75, 3.05) is 18.0 Å². The topological polar surface area (TPSA) is 40.5 Å². The highest BCUT2D eigenvalue weighted by atomic mass is 16.4. The molecule has 0 atom stereocenters. The fourth-order valence-electron chi connectivity index (χ4n) is 2.37. The van der Waals surface area contributed by atoms with Crippen LogP contribution in [0.3, 0.4) is 0 Å². The standard InChI is InChI=1S/C14H19NO2/c1-11-6-7-12(10-13(11)14(16)17)15-8-4-2-3-5-9-15/h6-7,10H,2-5,8-9H2,1H3,(H,16,17). The molecule has 2 rings (SSSR count). The summed E-state index contributed by atoms with van der Waals surface area (Å²) in [4.78, 5) is 13.4. The van der Waals surface area contributed by atoms with Crippen LogP contribution < -0.4 is 4.90 Å². The van der Waals surface area contributed by atoms with Gasteiger partial charge in [-0.15, -0.1) is 0 Å². The van der Waals surface area contributed by atoms with Crippen molar-refractivity contribution in [3.8, 4) is 0 Å². The first kappa shape index (κ1) is 12.0. The minimum absolute atomic E-state index is 0.423. The number of hydrogen-bond donors (Lipinski definition) is 1. The predicted octanol–water partition coefficient (Wildman–Crippen LogP) is 3.07. The number of aryl methyl sites for hydroxylation is 1. The molecule has 0 aromatic heterocycles. The van der Waals surface area contributed by atoms with Gasteiger partial charge in [0.05, 0.1) is 5.56 Å². The van der Waals surface area contributed by atoms with Gasteiger partial charge in [0.15, 0.2) is 0 Å². The maximum Gasteiger partial charge on any atom is 0.336 e. The SMILES string of the molecule is Cc1ccc(N2CCCCCC2)cc1C(=O)O. The molecule has 0 radical (unpaired) electrons. The molecule has 1 N–H and O–H groups in total. The lowest BCUT2D eigenvalue weighted by molar-refractivity contribution is 0.0696. The molecule has 0 spiro atoms. The van der Waals surface area contributed by atoms with Gasteiger partial charge in [-0.25, -0.2) is 4.79 Å². The van der Waals surface area contributed by atoms with Crippen LogP contribution in [0.4, 0.5) is 5.69 Å². The van der Waals surface area contributed by atoms with E-state index in [1.54, 1.807) is 0 Å². The molecule has 3 nitrogen and oxygen atoms in total. The molecule has 3 heteroatoms. The van der Waals surface area contributed by atoms with Gasteiger partial charge in [-0.3, -0.25) is 0 Å². The monoisotopic (exact) mass is 233 g/mol. The number of carboxylic acid groups (broad SMARTS) is 1. The van der Waals surface area contributed by atoms with Gasteiger partial charge in [0.1, 0.15) is 0 Å². The number of hydrogen-bond acceptors (Lipinski definition) is 2. The van der Waals surface area contributed by atoms with E-state index in [1.807, 2.05) is 25.1 Å². The maximum absolute atomic E-state index is 11.1. The first-order chi connectivity index (χ1) is 8.18. The summed E-state index contributed by atoms with van der Waals surface area (Å²) < 4.78 is 0. The second-order valence-electron chi connectivity index (χ2n) is 4.71. The molecule has 1 heterocycles. The zero-order chi connectivity index (χ0) is 12.3. The minimum Gasteiger partial charge on any atom is -0.478 e. The highest BCUT2D eigenvalue weighted by Crippen LogP contribution is 2.22. The maximum atomic E-state index is 11.1. The van der Waals surface area contributed by atoms with E-state index in [0.29, 0.717) is 5.56 Å². The zero-order valence-corrected chi connectivity index (χ0v) is 10.3. The van der Waals surface area contributed by atoms with Crippen LogP contribution in [-0.4, -0.2) is 24.2 Å². The quantitative estimate of drug-likeness (QED) is 0.853. The van der Waals surface area contributed by atoms with E-state index >= 15 is 0 Å². The van der Waals surface area contributed by atoms with Crippen molar-refractivity contribution >= 4 is 11.7 Å². The Labute approximate surface area is 102 Å². The van der Waals surface area contributed by atoms with Crippen LogP contribution in [0.15, 0.2) is 18.2 Å². The summed E-state index contributed by atoms with van der Waals surface area (Å²) in [5.41, 5.74) is 2.30. The van der Waals surface area contributed by atoms with E-state index in [4.69, 9.17) is 5.11 Å². The molecule has 17 heavy (non-hydrogen) atoms. The van der Waals surface area contributed by atoms with Crippen LogP contribution in [-0.2, 0) is 0 Å². The molecule has 92 valence electrons. The summed E-state index contributed by atoms with van der Waals surface area (Å²) in [6.07, 6.45) is 4.98. The van der Waals surface area contributed by atoms with Gasteiger partial charge in [-0.2, -0.15) is 0 Å². The number of benzene rings is 1. The number of anilines is 1. The number of carbonyl (C=O) groups is 1. The largest absolute Gasteiger partial charge is 0.478 e. The zero-order valence-electron chi connectivity index (χ0n) is 10.3. The molecule has 0 amide bonds. The third-order valence-corrected chi connectivity index (χ3v) is 3.42. The summed E-state index contributed by atoms with van der Waals surface area (Å²) in [5.74, 6) is -0.834. The van der Waals surface area contributed by atoms with Crippen molar-refractivity contribution in [1.82, 2.24) is 0 Å². The highest BCUT2D eigenvalue weighted by molar-refractivity contribution is 5.90. The third kappa shape index (κ3) is 2.78. The van der Waals surface area contributed by atoms with Gasteiger partial charge < -0.3 is 10.0 Å². The predicted molar refractivity (Wildman–Crippen MR) is 68.8 cm³/mol. The number of carboxylic acids is 1. The van der Waals surface area contributed by atoms with Crippen LogP contribution in [0.1, 0.15) is 41.6 Å². The number of rotatable bonds is 2. The molecule has 1 aliphatic heterocycles.